The molecule has 1 saturated heterocycles. The van der Waals surface area contributed by atoms with E-state index in [9.17, 15) is 4.79 Å². The highest BCUT2D eigenvalue weighted by Gasteiger charge is 2.25. The van der Waals surface area contributed by atoms with Gasteiger partial charge in [0.25, 0.3) is 0 Å². The molecule has 1 heterocycles. The van der Waals surface area contributed by atoms with Crippen molar-refractivity contribution >= 4 is 21.9 Å². The largest absolute Gasteiger partial charge is 0.464 e. The molecule has 3 nitrogen and oxygen atoms in total. The Labute approximate surface area is 138 Å². The van der Waals surface area contributed by atoms with Gasteiger partial charge in [0.15, 0.2) is 0 Å². The zero-order chi connectivity index (χ0) is 15.4. The van der Waals surface area contributed by atoms with Gasteiger partial charge in [-0.3, -0.25) is 4.79 Å². The molecular formula is C18H18BrNO2. The molecule has 3 rings (SSSR count). The Hall–Kier alpha value is -1.65. The van der Waals surface area contributed by atoms with E-state index in [1.165, 1.54) is 5.56 Å². The summed E-state index contributed by atoms with van der Waals surface area (Å²) in [5, 5.41) is 3.57. The second-order valence-electron chi connectivity index (χ2n) is 5.54. The highest BCUT2D eigenvalue weighted by molar-refractivity contribution is 9.10. The molecule has 2 aromatic carbocycles. The number of esters is 1. The van der Waals surface area contributed by atoms with Crippen LogP contribution in [0.2, 0.25) is 0 Å². The van der Waals surface area contributed by atoms with Crippen LogP contribution >= 0.6 is 15.9 Å². The zero-order valence-electron chi connectivity index (χ0n) is 12.2. The number of ether oxygens (including phenoxy) is 1. The maximum absolute atomic E-state index is 11.8. The van der Waals surface area contributed by atoms with Crippen LogP contribution in [-0.4, -0.2) is 18.6 Å². The van der Waals surface area contributed by atoms with Crippen molar-refractivity contribution in [1.82, 2.24) is 5.32 Å². The van der Waals surface area contributed by atoms with E-state index in [-0.39, 0.29) is 18.1 Å². The monoisotopic (exact) mass is 359 g/mol. The fraction of sp³-hybridized carbons (Fsp3) is 0.278. The molecule has 114 valence electrons. The van der Waals surface area contributed by atoms with E-state index in [2.05, 4.69) is 45.5 Å². The third-order valence-corrected chi connectivity index (χ3v) is 4.39. The van der Waals surface area contributed by atoms with Crippen molar-refractivity contribution < 1.29 is 9.53 Å². The summed E-state index contributed by atoms with van der Waals surface area (Å²) in [6.07, 6.45) is 1.21. The number of carbonyl (C=O) groups excluding carboxylic acids is 1. The molecular weight excluding hydrogens is 342 g/mol. The molecule has 1 N–H and O–H groups in total. The fourth-order valence-corrected chi connectivity index (χ4v) is 3.01. The van der Waals surface area contributed by atoms with Gasteiger partial charge in [0.2, 0.25) is 0 Å². The second-order valence-corrected chi connectivity index (χ2v) is 6.46. The molecule has 2 aromatic rings. The van der Waals surface area contributed by atoms with Crippen molar-refractivity contribution in [2.45, 2.75) is 24.9 Å². The zero-order valence-corrected chi connectivity index (χ0v) is 13.8. The van der Waals surface area contributed by atoms with E-state index in [0.29, 0.717) is 13.0 Å². The summed E-state index contributed by atoms with van der Waals surface area (Å²) in [7, 11) is 0. The van der Waals surface area contributed by atoms with Gasteiger partial charge in [0.1, 0.15) is 6.61 Å². The van der Waals surface area contributed by atoms with Crippen molar-refractivity contribution in [2.75, 3.05) is 6.61 Å². The molecule has 0 spiro atoms. The Kier molecular flexibility index (Phi) is 4.90. The van der Waals surface area contributed by atoms with Gasteiger partial charge in [-0.2, -0.15) is 0 Å². The highest BCUT2D eigenvalue weighted by atomic mass is 79.9. The first-order valence-corrected chi connectivity index (χ1v) is 8.21. The molecule has 2 unspecified atom stereocenters. The molecule has 0 bridgehead atoms. The first kappa shape index (κ1) is 15.3. The van der Waals surface area contributed by atoms with Crippen molar-refractivity contribution in [2.24, 2.45) is 0 Å². The van der Waals surface area contributed by atoms with Crippen molar-refractivity contribution in [3.05, 3.63) is 70.2 Å². The predicted molar refractivity (Wildman–Crippen MR) is 89.5 cm³/mol. The molecule has 0 saturated carbocycles. The van der Waals surface area contributed by atoms with Crippen molar-refractivity contribution in [1.29, 1.82) is 0 Å². The average Bonchev–Trinajstić information content (AvgIpc) is 2.72. The smallest absolute Gasteiger partial charge is 0.307 e. The molecule has 0 radical (unpaired) electrons. The van der Waals surface area contributed by atoms with Crippen molar-refractivity contribution in [3.63, 3.8) is 0 Å². The van der Waals surface area contributed by atoms with Crippen LogP contribution in [0.15, 0.2) is 59.1 Å². The van der Waals surface area contributed by atoms with E-state index in [4.69, 9.17) is 4.74 Å². The Bertz CT molecular complexity index is 627. The van der Waals surface area contributed by atoms with E-state index in [1.54, 1.807) is 0 Å². The summed E-state index contributed by atoms with van der Waals surface area (Å²) in [5.41, 5.74) is 2.36. The average molecular weight is 360 g/mol. The van der Waals surface area contributed by atoms with Gasteiger partial charge in [-0.05, 0) is 29.7 Å². The minimum Gasteiger partial charge on any atom is -0.464 e. The number of benzene rings is 2. The minimum atomic E-state index is -0.131. The van der Waals surface area contributed by atoms with E-state index in [0.717, 1.165) is 16.5 Å². The third-order valence-electron chi connectivity index (χ3n) is 3.86. The second kappa shape index (κ2) is 7.07. The van der Waals surface area contributed by atoms with E-state index in [1.807, 2.05) is 30.3 Å². The van der Waals surface area contributed by atoms with E-state index >= 15 is 0 Å². The standard InChI is InChI=1S/C18H18BrNO2/c19-15-8-6-13(7-9-15)10-16-11-18(21)22-12-17(20-16)14-4-2-1-3-5-14/h1-9,16-17,20H,10-12H2. The molecule has 0 aromatic heterocycles. The Morgan fingerprint density at radius 1 is 1.09 bits per heavy atom. The molecule has 0 aliphatic carbocycles. The van der Waals surface area contributed by atoms with Crippen LogP contribution in [0.4, 0.5) is 0 Å². The Morgan fingerprint density at radius 3 is 2.55 bits per heavy atom. The molecule has 1 aliphatic heterocycles. The summed E-state index contributed by atoms with van der Waals surface area (Å²) in [4.78, 5) is 11.8. The van der Waals surface area contributed by atoms with Crippen LogP contribution in [0.25, 0.3) is 0 Å². The van der Waals surface area contributed by atoms with Crippen LogP contribution in [0.3, 0.4) is 0 Å². The summed E-state index contributed by atoms with van der Waals surface area (Å²) in [5.74, 6) is -0.131. The molecule has 2 atom stereocenters. The molecule has 4 heteroatoms. The number of hydrogen-bond acceptors (Lipinski definition) is 3. The summed E-state index contributed by atoms with van der Waals surface area (Å²) in [6, 6.07) is 18.5. The van der Waals surface area contributed by atoms with Gasteiger partial charge in [-0.25, -0.2) is 0 Å². The van der Waals surface area contributed by atoms with Crippen LogP contribution in [-0.2, 0) is 16.0 Å². The fourth-order valence-electron chi connectivity index (χ4n) is 2.74. The van der Waals surface area contributed by atoms with Crippen LogP contribution < -0.4 is 5.32 Å². The van der Waals surface area contributed by atoms with Gasteiger partial charge in [0, 0.05) is 10.5 Å². The number of cyclic esters (lactones) is 1. The third kappa shape index (κ3) is 3.96. The summed E-state index contributed by atoms with van der Waals surface area (Å²) >= 11 is 3.44. The summed E-state index contributed by atoms with van der Waals surface area (Å²) in [6.45, 7) is 0.389. The normalized spacial score (nSPS) is 22.0. The van der Waals surface area contributed by atoms with E-state index < -0.39 is 0 Å². The summed E-state index contributed by atoms with van der Waals surface area (Å²) < 4.78 is 6.41. The number of hydrogen-bond donors (Lipinski definition) is 1. The number of carbonyl (C=O) groups is 1. The first-order chi connectivity index (χ1) is 10.7. The predicted octanol–water partition coefficient (Wildman–Crippen LogP) is 3.64. The van der Waals surface area contributed by atoms with Gasteiger partial charge in [-0.15, -0.1) is 0 Å². The SMILES string of the molecule is O=C1CC(Cc2ccc(Br)cc2)NC(c2ccccc2)CO1. The number of rotatable bonds is 3. The van der Waals surface area contributed by atoms with Gasteiger partial charge in [-0.1, -0.05) is 58.4 Å². The topological polar surface area (TPSA) is 38.3 Å². The van der Waals surface area contributed by atoms with Crippen LogP contribution in [0.5, 0.6) is 0 Å². The van der Waals surface area contributed by atoms with Gasteiger partial charge < -0.3 is 10.1 Å². The van der Waals surface area contributed by atoms with Crippen molar-refractivity contribution in [3.8, 4) is 0 Å². The maximum atomic E-state index is 11.8. The number of nitrogens with one attached hydrogen (secondary N) is 1. The molecule has 22 heavy (non-hydrogen) atoms. The van der Waals surface area contributed by atoms with Crippen LogP contribution in [0.1, 0.15) is 23.6 Å². The maximum Gasteiger partial charge on any atom is 0.307 e. The van der Waals surface area contributed by atoms with Crippen LogP contribution in [0, 0.1) is 0 Å². The number of halogens is 1. The molecule has 1 fully saturated rings. The highest BCUT2D eigenvalue weighted by Crippen LogP contribution is 2.20. The van der Waals surface area contributed by atoms with Gasteiger partial charge in [0.05, 0.1) is 12.5 Å². The Balaban J connectivity index is 1.74. The van der Waals surface area contributed by atoms with Gasteiger partial charge >= 0.3 is 5.97 Å². The lowest BCUT2D eigenvalue weighted by atomic mass is 10.0. The Morgan fingerprint density at radius 2 is 1.82 bits per heavy atom. The molecule has 0 amide bonds. The lowest BCUT2D eigenvalue weighted by Gasteiger charge is -2.21. The quantitative estimate of drug-likeness (QED) is 0.850. The lowest BCUT2D eigenvalue weighted by molar-refractivity contribution is -0.143. The molecule has 1 aliphatic rings. The minimum absolute atomic E-state index is 0.0492. The first-order valence-electron chi connectivity index (χ1n) is 7.42. The lowest BCUT2D eigenvalue weighted by Crippen LogP contribution is -2.34.